The first-order valence-corrected chi connectivity index (χ1v) is 8.23. The van der Waals surface area contributed by atoms with E-state index in [-0.39, 0.29) is 0 Å². The van der Waals surface area contributed by atoms with E-state index in [1.807, 2.05) is 13.2 Å². The molecule has 110 valence electrons. The molecule has 0 spiro atoms. The second kappa shape index (κ2) is 6.31. The van der Waals surface area contributed by atoms with Gasteiger partial charge in [-0.3, -0.25) is 0 Å². The molecule has 1 unspecified atom stereocenters. The Hall–Kier alpha value is -0.800. The van der Waals surface area contributed by atoms with E-state index in [9.17, 15) is 0 Å². The highest BCUT2D eigenvalue weighted by atomic mass is 35.5. The fourth-order valence-corrected chi connectivity index (χ4v) is 4.17. The minimum Gasteiger partial charge on any atom is -0.352 e. The Balaban J connectivity index is 1.80. The second-order valence-corrected chi connectivity index (χ2v) is 6.53. The Morgan fingerprint density at radius 2 is 2.10 bits per heavy atom. The predicted octanol–water partition coefficient (Wildman–Crippen LogP) is 3.61. The predicted molar refractivity (Wildman–Crippen MR) is 84.3 cm³/mol. The zero-order chi connectivity index (χ0) is 13.9. The van der Waals surface area contributed by atoms with Crippen LogP contribution >= 0.6 is 11.6 Å². The molecule has 0 bridgehead atoms. The number of hydrogen-bond acceptors (Lipinski definition) is 3. The highest BCUT2D eigenvalue weighted by molar-refractivity contribution is 6.33. The molecule has 1 saturated carbocycles. The van der Waals surface area contributed by atoms with E-state index in [2.05, 4.69) is 21.3 Å². The molecule has 2 heterocycles. The van der Waals surface area contributed by atoms with Gasteiger partial charge in [-0.25, -0.2) is 4.98 Å². The summed E-state index contributed by atoms with van der Waals surface area (Å²) in [6, 6.07) is 2.72. The maximum absolute atomic E-state index is 6.49. The van der Waals surface area contributed by atoms with Crippen LogP contribution in [0.5, 0.6) is 0 Å². The van der Waals surface area contributed by atoms with Gasteiger partial charge in [-0.05, 0) is 50.3 Å². The molecule has 20 heavy (non-hydrogen) atoms. The number of hydrogen-bond donors (Lipinski definition) is 1. The molecule has 1 atom stereocenters. The van der Waals surface area contributed by atoms with Gasteiger partial charge < -0.3 is 10.2 Å². The van der Waals surface area contributed by atoms with E-state index in [1.165, 1.54) is 38.5 Å². The Morgan fingerprint density at radius 1 is 1.30 bits per heavy atom. The van der Waals surface area contributed by atoms with Crippen molar-refractivity contribution in [2.45, 2.75) is 51.1 Å². The molecule has 1 aromatic rings. The van der Waals surface area contributed by atoms with Crippen molar-refractivity contribution in [1.82, 2.24) is 10.3 Å². The minimum absolute atomic E-state index is 0.664. The molecule has 3 nitrogen and oxygen atoms in total. The number of anilines is 1. The van der Waals surface area contributed by atoms with Crippen LogP contribution in [0, 0.1) is 5.92 Å². The zero-order valence-electron chi connectivity index (χ0n) is 12.2. The summed E-state index contributed by atoms with van der Waals surface area (Å²) in [5.74, 6) is 1.85. The molecule has 2 aliphatic rings. The van der Waals surface area contributed by atoms with Crippen LogP contribution < -0.4 is 10.2 Å². The molecule has 0 amide bonds. The maximum atomic E-state index is 6.49. The van der Waals surface area contributed by atoms with Gasteiger partial charge in [0.25, 0.3) is 0 Å². The van der Waals surface area contributed by atoms with Gasteiger partial charge in [0, 0.05) is 25.3 Å². The highest BCUT2D eigenvalue weighted by Gasteiger charge is 2.34. The van der Waals surface area contributed by atoms with E-state index in [0.29, 0.717) is 6.04 Å². The summed E-state index contributed by atoms with van der Waals surface area (Å²) in [7, 11) is 1.94. The van der Waals surface area contributed by atoms with Crippen LogP contribution in [-0.2, 0) is 6.54 Å². The van der Waals surface area contributed by atoms with Crippen molar-refractivity contribution in [1.29, 1.82) is 0 Å². The highest BCUT2D eigenvalue weighted by Crippen LogP contribution is 2.39. The van der Waals surface area contributed by atoms with E-state index in [1.54, 1.807) is 0 Å². The normalized spacial score (nSPS) is 23.7. The smallest absolute Gasteiger partial charge is 0.147 e. The number of aromatic nitrogens is 1. The van der Waals surface area contributed by atoms with Crippen molar-refractivity contribution >= 4 is 17.4 Å². The Morgan fingerprint density at radius 3 is 2.80 bits per heavy atom. The molecule has 1 aliphatic heterocycles. The fraction of sp³-hybridized carbons (Fsp3) is 0.688. The summed E-state index contributed by atoms with van der Waals surface area (Å²) < 4.78 is 0. The van der Waals surface area contributed by atoms with Crippen molar-refractivity contribution in [3.63, 3.8) is 0 Å². The largest absolute Gasteiger partial charge is 0.352 e. The molecule has 0 aromatic carbocycles. The number of nitrogens with one attached hydrogen (secondary N) is 1. The van der Waals surface area contributed by atoms with Gasteiger partial charge in [-0.15, -0.1) is 0 Å². The van der Waals surface area contributed by atoms with E-state index in [4.69, 9.17) is 11.6 Å². The van der Waals surface area contributed by atoms with Gasteiger partial charge in [0.1, 0.15) is 5.82 Å². The average Bonchev–Trinajstić information content (AvgIpc) is 3.10. The lowest BCUT2D eigenvalue weighted by atomic mass is 9.96. The summed E-state index contributed by atoms with van der Waals surface area (Å²) in [5.41, 5.74) is 1.15. The quantitative estimate of drug-likeness (QED) is 0.919. The summed E-state index contributed by atoms with van der Waals surface area (Å²) in [4.78, 5) is 7.13. The maximum Gasteiger partial charge on any atom is 0.147 e. The van der Waals surface area contributed by atoms with Crippen LogP contribution in [0.15, 0.2) is 12.3 Å². The first kappa shape index (κ1) is 14.2. The van der Waals surface area contributed by atoms with Gasteiger partial charge in [0.05, 0.1) is 5.02 Å². The van der Waals surface area contributed by atoms with Gasteiger partial charge in [-0.2, -0.15) is 0 Å². The topological polar surface area (TPSA) is 28.2 Å². The lowest BCUT2D eigenvalue weighted by Gasteiger charge is -2.31. The van der Waals surface area contributed by atoms with Crippen LogP contribution in [0.1, 0.15) is 44.1 Å². The number of rotatable bonds is 4. The van der Waals surface area contributed by atoms with Crippen LogP contribution in [0.4, 0.5) is 5.82 Å². The molecule has 1 N–H and O–H groups in total. The van der Waals surface area contributed by atoms with Crippen molar-refractivity contribution in [3.05, 3.63) is 22.8 Å². The van der Waals surface area contributed by atoms with Crippen LogP contribution in [-0.4, -0.2) is 24.6 Å². The van der Waals surface area contributed by atoms with Crippen molar-refractivity contribution in [3.8, 4) is 0 Å². The first-order chi connectivity index (χ1) is 9.79. The molecular formula is C16H24ClN3. The standard InChI is InChI=1S/C16H24ClN3/c1-18-10-12-9-14(17)16(19-11-12)20-8-4-7-15(20)13-5-2-3-6-13/h9,11,13,15,18H,2-8,10H2,1H3. The van der Waals surface area contributed by atoms with Crippen molar-refractivity contribution in [2.24, 2.45) is 5.92 Å². The van der Waals surface area contributed by atoms with Crippen LogP contribution in [0.3, 0.4) is 0 Å². The third-order valence-corrected chi connectivity index (χ3v) is 5.05. The van der Waals surface area contributed by atoms with E-state index >= 15 is 0 Å². The van der Waals surface area contributed by atoms with Gasteiger partial charge >= 0.3 is 0 Å². The molecule has 1 aromatic heterocycles. The Bertz CT molecular complexity index is 457. The van der Waals surface area contributed by atoms with Crippen molar-refractivity contribution < 1.29 is 0 Å². The van der Waals surface area contributed by atoms with Crippen molar-refractivity contribution in [2.75, 3.05) is 18.5 Å². The fourth-order valence-electron chi connectivity index (χ4n) is 3.87. The van der Waals surface area contributed by atoms with Crippen LogP contribution in [0.25, 0.3) is 0 Å². The minimum atomic E-state index is 0.664. The summed E-state index contributed by atoms with van der Waals surface area (Å²) in [5, 5.41) is 3.95. The second-order valence-electron chi connectivity index (χ2n) is 6.13. The lowest BCUT2D eigenvalue weighted by molar-refractivity contribution is 0.429. The van der Waals surface area contributed by atoms with E-state index in [0.717, 1.165) is 35.4 Å². The van der Waals surface area contributed by atoms with Gasteiger partial charge in [-0.1, -0.05) is 24.4 Å². The Labute approximate surface area is 126 Å². The monoisotopic (exact) mass is 293 g/mol. The molecule has 4 heteroatoms. The lowest BCUT2D eigenvalue weighted by Crippen LogP contribution is -2.35. The summed E-state index contributed by atoms with van der Waals surface area (Å²) in [6.45, 7) is 1.93. The number of nitrogens with zero attached hydrogens (tertiary/aromatic N) is 2. The summed E-state index contributed by atoms with van der Waals surface area (Å²) >= 11 is 6.49. The molecule has 0 radical (unpaired) electrons. The zero-order valence-corrected chi connectivity index (χ0v) is 13.0. The molecular weight excluding hydrogens is 270 g/mol. The third-order valence-electron chi connectivity index (χ3n) is 4.77. The average molecular weight is 294 g/mol. The molecule has 1 saturated heterocycles. The van der Waals surface area contributed by atoms with Gasteiger partial charge in [0.15, 0.2) is 0 Å². The SMILES string of the molecule is CNCc1cnc(N2CCCC2C2CCCC2)c(Cl)c1. The van der Waals surface area contributed by atoms with Crippen LogP contribution in [0.2, 0.25) is 5.02 Å². The van der Waals surface area contributed by atoms with E-state index < -0.39 is 0 Å². The number of halogens is 1. The molecule has 3 rings (SSSR count). The molecule has 1 aliphatic carbocycles. The Kier molecular flexibility index (Phi) is 4.47. The summed E-state index contributed by atoms with van der Waals surface area (Å²) in [6.07, 6.45) is 10.1. The number of pyridine rings is 1. The first-order valence-electron chi connectivity index (χ1n) is 7.85. The third kappa shape index (κ3) is 2.79. The molecule has 2 fully saturated rings. The van der Waals surface area contributed by atoms with Gasteiger partial charge in [0.2, 0.25) is 0 Å².